The van der Waals surface area contributed by atoms with Crippen molar-refractivity contribution < 1.29 is 19.1 Å². The van der Waals surface area contributed by atoms with Gasteiger partial charge in [0.2, 0.25) is 5.91 Å². The molecule has 13 heteroatoms. The van der Waals surface area contributed by atoms with E-state index < -0.39 is 5.60 Å². The molecule has 1 N–H and O–H groups in total. The number of piperazine rings is 1. The molecule has 1 aromatic carbocycles. The van der Waals surface area contributed by atoms with E-state index in [1.54, 1.807) is 24.1 Å². The highest BCUT2D eigenvalue weighted by atomic mass is 35.5. The Hall–Kier alpha value is -3.67. The average molecular weight is 671 g/mol. The second kappa shape index (κ2) is 14.8. The van der Waals surface area contributed by atoms with Crippen molar-refractivity contribution in [1.82, 2.24) is 30.1 Å². The topological polar surface area (TPSA) is 113 Å². The van der Waals surface area contributed by atoms with Crippen LogP contribution in [0.3, 0.4) is 0 Å². The van der Waals surface area contributed by atoms with Crippen LogP contribution in [0.25, 0.3) is 11.3 Å². The van der Waals surface area contributed by atoms with Crippen molar-refractivity contribution in [2.45, 2.75) is 52.7 Å². The van der Waals surface area contributed by atoms with Gasteiger partial charge in [0.25, 0.3) is 0 Å². The fourth-order valence-electron chi connectivity index (χ4n) is 5.49. The zero-order chi connectivity index (χ0) is 32.8. The average Bonchev–Trinajstić information content (AvgIpc) is 3.00. The third-order valence-corrected chi connectivity index (χ3v) is 8.27. The van der Waals surface area contributed by atoms with Gasteiger partial charge in [-0.3, -0.25) is 9.69 Å². The number of anilines is 1. The first-order valence-electron chi connectivity index (χ1n) is 15.6. The molecule has 0 atom stereocenters. The number of aromatic nitrogens is 3. The first-order chi connectivity index (χ1) is 21.9. The van der Waals surface area contributed by atoms with Crippen LogP contribution in [0.1, 0.15) is 46.2 Å². The van der Waals surface area contributed by atoms with Gasteiger partial charge in [-0.25, -0.2) is 9.78 Å². The first kappa shape index (κ1) is 33.7. The van der Waals surface area contributed by atoms with Crippen LogP contribution >= 0.6 is 23.2 Å². The summed E-state index contributed by atoms with van der Waals surface area (Å²) in [6.07, 6.45) is 3.36. The van der Waals surface area contributed by atoms with Crippen molar-refractivity contribution in [3.8, 4) is 23.0 Å². The Labute approximate surface area is 280 Å². The summed E-state index contributed by atoms with van der Waals surface area (Å²) < 4.78 is 11.6. The highest BCUT2D eigenvalue weighted by molar-refractivity contribution is 6.35. The lowest BCUT2D eigenvalue weighted by Crippen LogP contribution is -2.50. The number of benzene rings is 1. The minimum absolute atomic E-state index is 0.00700. The zero-order valence-electron chi connectivity index (χ0n) is 26.8. The van der Waals surface area contributed by atoms with Gasteiger partial charge in [0.05, 0.1) is 17.6 Å². The third kappa shape index (κ3) is 9.67. The molecule has 0 unspecified atom stereocenters. The number of pyridine rings is 1. The molecule has 0 bridgehead atoms. The van der Waals surface area contributed by atoms with Gasteiger partial charge in [0.1, 0.15) is 17.2 Å². The first-order valence-corrected chi connectivity index (χ1v) is 16.3. The van der Waals surface area contributed by atoms with Crippen molar-refractivity contribution >= 4 is 41.0 Å². The standard InChI is InChI=1S/C33H41Cl2N7O4/c1-22(43)36-19-23-7-9-40(10-8-23)21-27-18-29(24-15-25(34)17-26(35)16-24)39-31(38-27)45-28-5-6-30(37-20-28)41-11-13-42(14-12-41)32(44)46-33(2,3)4/h5-6,15-18,20,23H,7-14,19,21H2,1-4H3,(H,36,43). The van der Waals surface area contributed by atoms with Gasteiger partial charge >= 0.3 is 12.1 Å². The summed E-state index contributed by atoms with van der Waals surface area (Å²) in [5, 5.41) is 3.96. The van der Waals surface area contributed by atoms with Crippen LogP contribution in [0.5, 0.6) is 11.8 Å². The van der Waals surface area contributed by atoms with Crippen LogP contribution in [0.15, 0.2) is 42.6 Å². The summed E-state index contributed by atoms with van der Waals surface area (Å²) in [5.74, 6) is 1.77. The maximum absolute atomic E-state index is 12.4. The number of likely N-dealkylation sites (tertiary alicyclic amines) is 1. The molecule has 2 aromatic heterocycles. The Balaban J connectivity index is 1.26. The summed E-state index contributed by atoms with van der Waals surface area (Å²) in [6, 6.07) is 11.2. The lowest BCUT2D eigenvalue weighted by atomic mass is 9.96. The lowest BCUT2D eigenvalue weighted by molar-refractivity contribution is -0.119. The van der Waals surface area contributed by atoms with Gasteiger partial charge < -0.3 is 24.6 Å². The number of ether oxygens (including phenoxy) is 2. The minimum atomic E-state index is -0.524. The Morgan fingerprint density at radius 1 is 0.957 bits per heavy atom. The number of hydrogen-bond acceptors (Lipinski definition) is 9. The Morgan fingerprint density at radius 2 is 1.65 bits per heavy atom. The molecule has 4 heterocycles. The number of carbonyl (C=O) groups excluding carboxylic acids is 2. The molecule has 11 nitrogen and oxygen atoms in total. The number of carbonyl (C=O) groups is 2. The maximum atomic E-state index is 12.4. The number of rotatable bonds is 8. The molecule has 246 valence electrons. The molecule has 0 saturated carbocycles. The van der Waals surface area contributed by atoms with Crippen LogP contribution in [0.2, 0.25) is 10.0 Å². The summed E-state index contributed by atoms with van der Waals surface area (Å²) in [5.41, 5.74) is 1.70. The van der Waals surface area contributed by atoms with Crippen molar-refractivity contribution in [1.29, 1.82) is 0 Å². The molecule has 5 rings (SSSR count). The number of nitrogens with one attached hydrogen (secondary N) is 1. The van der Waals surface area contributed by atoms with E-state index in [2.05, 4.69) is 20.1 Å². The SMILES string of the molecule is CC(=O)NCC1CCN(Cc2cc(-c3cc(Cl)cc(Cl)c3)nc(Oc3ccc(N4CCN(C(=O)OC(C)(C)C)CC4)nc3)n2)CC1. The number of amides is 2. The molecule has 2 saturated heterocycles. The van der Waals surface area contributed by atoms with Crippen molar-refractivity contribution in [2.24, 2.45) is 5.92 Å². The maximum Gasteiger partial charge on any atom is 0.410 e. The monoisotopic (exact) mass is 669 g/mol. The Morgan fingerprint density at radius 3 is 2.26 bits per heavy atom. The van der Waals surface area contributed by atoms with E-state index in [9.17, 15) is 9.59 Å². The van der Waals surface area contributed by atoms with Gasteiger partial charge in [-0.05, 0) is 89.0 Å². The Bertz CT molecular complexity index is 1500. The largest absolute Gasteiger partial charge is 0.444 e. The Kier molecular flexibility index (Phi) is 10.9. The fourth-order valence-corrected chi connectivity index (χ4v) is 6.01. The van der Waals surface area contributed by atoms with Gasteiger partial charge in [-0.2, -0.15) is 9.97 Å². The molecule has 0 spiro atoms. The molecule has 2 amide bonds. The molecule has 2 fully saturated rings. The van der Waals surface area contributed by atoms with Gasteiger partial charge in [-0.15, -0.1) is 0 Å². The fraction of sp³-hybridized carbons (Fsp3) is 0.485. The highest BCUT2D eigenvalue weighted by Gasteiger charge is 2.26. The minimum Gasteiger partial charge on any atom is -0.444 e. The summed E-state index contributed by atoms with van der Waals surface area (Å²) in [6.45, 7) is 12.7. The summed E-state index contributed by atoms with van der Waals surface area (Å²) in [7, 11) is 0. The van der Waals surface area contributed by atoms with Crippen LogP contribution in [-0.4, -0.2) is 88.2 Å². The summed E-state index contributed by atoms with van der Waals surface area (Å²) in [4.78, 5) is 44.0. The third-order valence-electron chi connectivity index (χ3n) is 7.83. The second-order valence-corrected chi connectivity index (χ2v) is 13.6. The predicted octanol–water partition coefficient (Wildman–Crippen LogP) is 6.04. The molecule has 3 aromatic rings. The molecular weight excluding hydrogens is 629 g/mol. The quantitative estimate of drug-likeness (QED) is 0.307. The van der Waals surface area contributed by atoms with E-state index in [0.29, 0.717) is 66.7 Å². The number of hydrogen-bond donors (Lipinski definition) is 1. The molecule has 2 aliphatic heterocycles. The van der Waals surface area contributed by atoms with Crippen LogP contribution in [0.4, 0.5) is 10.6 Å². The normalized spacial score (nSPS) is 16.3. The second-order valence-electron chi connectivity index (χ2n) is 12.8. The lowest BCUT2D eigenvalue weighted by Gasteiger charge is -2.36. The van der Waals surface area contributed by atoms with E-state index in [-0.39, 0.29) is 18.0 Å². The molecule has 2 aliphatic rings. The van der Waals surface area contributed by atoms with Crippen molar-refractivity contribution in [3.63, 3.8) is 0 Å². The molecule has 0 aliphatic carbocycles. The van der Waals surface area contributed by atoms with E-state index in [0.717, 1.165) is 43.0 Å². The van der Waals surface area contributed by atoms with Crippen LogP contribution in [0, 0.1) is 5.92 Å². The highest BCUT2D eigenvalue weighted by Crippen LogP contribution is 2.30. The molecule has 46 heavy (non-hydrogen) atoms. The van der Waals surface area contributed by atoms with Crippen LogP contribution < -0.4 is 15.0 Å². The van der Waals surface area contributed by atoms with Gasteiger partial charge in [0.15, 0.2) is 0 Å². The van der Waals surface area contributed by atoms with Gasteiger partial charge in [0, 0.05) is 61.8 Å². The number of nitrogens with zero attached hydrogens (tertiary/aromatic N) is 6. The molecule has 0 radical (unpaired) electrons. The smallest absolute Gasteiger partial charge is 0.410 e. The number of halogens is 2. The van der Waals surface area contributed by atoms with E-state index in [4.69, 9.17) is 42.6 Å². The van der Waals surface area contributed by atoms with Gasteiger partial charge in [-0.1, -0.05) is 23.2 Å². The van der Waals surface area contributed by atoms with Crippen LogP contribution in [-0.2, 0) is 16.1 Å². The zero-order valence-corrected chi connectivity index (χ0v) is 28.3. The molecular formula is C33H41Cl2N7O4. The predicted molar refractivity (Wildman–Crippen MR) is 179 cm³/mol. The number of piperidine rings is 1. The van der Waals surface area contributed by atoms with E-state index in [1.165, 1.54) is 0 Å². The van der Waals surface area contributed by atoms with E-state index >= 15 is 0 Å². The van der Waals surface area contributed by atoms with Crippen molar-refractivity contribution in [3.05, 3.63) is 58.3 Å². The van der Waals surface area contributed by atoms with E-state index in [1.807, 2.05) is 51.1 Å². The van der Waals surface area contributed by atoms with Crippen molar-refractivity contribution in [2.75, 3.05) is 50.7 Å². The summed E-state index contributed by atoms with van der Waals surface area (Å²) >= 11 is 12.6.